The van der Waals surface area contributed by atoms with Crippen LogP contribution in [0.5, 0.6) is 11.5 Å². The van der Waals surface area contributed by atoms with Crippen LogP contribution in [0.4, 0.5) is 19.0 Å². The van der Waals surface area contributed by atoms with Crippen molar-refractivity contribution < 1.29 is 22.6 Å². The quantitative estimate of drug-likeness (QED) is 0.661. The molecule has 0 saturated carbocycles. The molecular formula is C18H22F3N3O2. The molecule has 0 unspecified atom stereocenters. The van der Waals surface area contributed by atoms with Crippen LogP contribution < -0.4 is 14.8 Å². The first kappa shape index (κ1) is 19.8. The molecule has 0 spiro atoms. The number of ether oxygens (including phenoxy) is 2. The van der Waals surface area contributed by atoms with Crippen molar-refractivity contribution in [3.05, 3.63) is 41.9 Å². The van der Waals surface area contributed by atoms with Crippen molar-refractivity contribution in [2.75, 3.05) is 25.1 Å². The summed E-state index contributed by atoms with van der Waals surface area (Å²) in [4.78, 5) is 8.38. The van der Waals surface area contributed by atoms with Crippen molar-refractivity contribution in [2.45, 2.75) is 32.9 Å². The minimum atomic E-state index is -4.46. The number of nitrogens with zero attached hydrogens (tertiary/aromatic N) is 2. The molecule has 2 aromatic rings. The minimum absolute atomic E-state index is 0.0324. The zero-order valence-electron chi connectivity index (χ0n) is 14.8. The molecule has 1 N–H and O–H groups in total. The molecule has 0 aliphatic carbocycles. The van der Waals surface area contributed by atoms with Crippen LogP contribution in [-0.2, 0) is 6.18 Å². The summed E-state index contributed by atoms with van der Waals surface area (Å²) in [6.45, 7) is 4.64. The van der Waals surface area contributed by atoms with Crippen LogP contribution in [0.2, 0.25) is 0 Å². The van der Waals surface area contributed by atoms with Crippen LogP contribution in [0.15, 0.2) is 30.5 Å². The van der Waals surface area contributed by atoms with Gasteiger partial charge < -0.3 is 14.8 Å². The molecule has 1 heterocycles. The summed E-state index contributed by atoms with van der Waals surface area (Å²) in [6.07, 6.45) is -0.890. The van der Waals surface area contributed by atoms with Gasteiger partial charge in [0, 0.05) is 6.54 Å². The maximum absolute atomic E-state index is 12.9. The van der Waals surface area contributed by atoms with Gasteiger partial charge in [0.25, 0.3) is 0 Å². The first-order valence-corrected chi connectivity index (χ1v) is 8.41. The van der Waals surface area contributed by atoms with Gasteiger partial charge in [-0.2, -0.15) is 13.2 Å². The second-order valence-corrected chi connectivity index (χ2v) is 5.60. The lowest BCUT2D eigenvalue weighted by Crippen LogP contribution is -2.14. The number of para-hydroxylation sites is 1. The summed E-state index contributed by atoms with van der Waals surface area (Å²) in [6, 6.07) is 5.09. The van der Waals surface area contributed by atoms with Gasteiger partial charge in [-0.1, -0.05) is 25.5 Å². The lowest BCUT2D eigenvalue weighted by molar-refractivity contribution is -0.139. The number of hydrogen-bond donors (Lipinski definition) is 1. The van der Waals surface area contributed by atoms with Crippen LogP contribution in [0.25, 0.3) is 0 Å². The summed E-state index contributed by atoms with van der Waals surface area (Å²) >= 11 is 0. The molecule has 0 radical (unpaired) electrons. The third kappa shape index (κ3) is 5.79. The third-order valence-corrected chi connectivity index (χ3v) is 3.49. The van der Waals surface area contributed by atoms with Crippen LogP contribution in [0, 0.1) is 6.92 Å². The molecule has 0 bridgehead atoms. The van der Waals surface area contributed by atoms with Gasteiger partial charge in [-0.3, -0.25) is 0 Å². The first-order valence-electron chi connectivity index (χ1n) is 8.41. The van der Waals surface area contributed by atoms with Gasteiger partial charge in [-0.25, -0.2) is 9.97 Å². The summed E-state index contributed by atoms with van der Waals surface area (Å²) in [5, 5.41) is 3.18. The number of halogens is 3. The molecule has 1 aromatic heterocycles. The summed E-state index contributed by atoms with van der Waals surface area (Å²) in [5.41, 5.74) is -0.805. The van der Waals surface area contributed by atoms with E-state index >= 15 is 0 Å². The summed E-state index contributed by atoms with van der Waals surface area (Å²) in [5.74, 6) is 1.40. The van der Waals surface area contributed by atoms with E-state index in [1.165, 1.54) is 18.2 Å². The number of anilines is 1. The first-order chi connectivity index (χ1) is 12.4. The van der Waals surface area contributed by atoms with Crippen LogP contribution in [0.3, 0.4) is 0 Å². The second-order valence-electron chi connectivity index (χ2n) is 5.60. The molecule has 142 valence electrons. The molecule has 0 fully saturated rings. The molecule has 0 atom stereocenters. The van der Waals surface area contributed by atoms with Crippen molar-refractivity contribution in [3.63, 3.8) is 0 Å². The SMILES string of the molecule is CCCCNc1nc(C)ncc1OCCOc1ccccc1C(F)(F)F. The Kier molecular flexibility index (Phi) is 7.06. The highest BCUT2D eigenvalue weighted by Gasteiger charge is 2.33. The molecule has 0 saturated heterocycles. The lowest BCUT2D eigenvalue weighted by atomic mass is 10.2. The van der Waals surface area contributed by atoms with E-state index in [1.807, 2.05) is 0 Å². The molecule has 0 amide bonds. The molecule has 0 aliphatic heterocycles. The zero-order valence-corrected chi connectivity index (χ0v) is 14.8. The Hall–Kier alpha value is -2.51. The van der Waals surface area contributed by atoms with E-state index in [0.717, 1.165) is 25.5 Å². The maximum atomic E-state index is 12.9. The van der Waals surface area contributed by atoms with Crippen LogP contribution in [-0.4, -0.2) is 29.7 Å². The van der Waals surface area contributed by atoms with Gasteiger partial charge >= 0.3 is 6.18 Å². The fourth-order valence-corrected chi connectivity index (χ4v) is 2.20. The number of benzene rings is 1. The van der Waals surface area contributed by atoms with Crippen molar-refractivity contribution in [2.24, 2.45) is 0 Å². The summed E-state index contributed by atoms with van der Waals surface area (Å²) < 4.78 is 49.6. The molecular weight excluding hydrogens is 347 g/mol. The van der Waals surface area contributed by atoms with E-state index in [9.17, 15) is 13.2 Å². The predicted molar refractivity (Wildman–Crippen MR) is 92.6 cm³/mol. The van der Waals surface area contributed by atoms with Crippen LogP contribution >= 0.6 is 0 Å². The Morgan fingerprint density at radius 3 is 2.46 bits per heavy atom. The highest BCUT2D eigenvalue weighted by molar-refractivity contribution is 5.48. The smallest absolute Gasteiger partial charge is 0.419 e. The number of aromatic nitrogens is 2. The summed E-state index contributed by atoms with van der Waals surface area (Å²) in [7, 11) is 0. The average molecular weight is 369 g/mol. The minimum Gasteiger partial charge on any atom is -0.489 e. The fraction of sp³-hybridized carbons (Fsp3) is 0.444. The second kappa shape index (κ2) is 9.26. The largest absolute Gasteiger partial charge is 0.489 e. The zero-order chi connectivity index (χ0) is 19.0. The molecule has 0 aliphatic rings. The third-order valence-electron chi connectivity index (χ3n) is 3.49. The number of hydrogen-bond acceptors (Lipinski definition) is 5. The molecule has 8 heteroatoms. The number of nitrogens with one attached hydrogen (secondary N) is 1. The van der Waals surface area contributed by atoms with Crippen molar-refractivity contribution >= 4 is 5.82 Å². The molecule has 26 heavy (non-hydrogen) atoms. The average Bonchev–Trinajstić information content (AvgIpc) is 2.60. The molecule has 5 nitrogen and oxygen atoms in total. The monoisotopic (exact) mass is 369 g/mol. The fourth-order valence-electron chi connectivity index (χ4n) is 2.20. The normalized spacial score (nSPS) is 11.3. The highest BCUT2D eigenvalue weighted by atomic mass is 19.4. The van der Waals surface area contributed by atoms with E-state index < -0.39 is 11.7 Å². The van der Waals surface area contributed by atoms with E-state index in [-0.39, 0.29) is 19.0 Å². The van der Waals surface area contributed by atoms with Gasteiger partial charge in [-0.05, 0) is 25.5 Å². The Balaban J connectivity index is 1.93. The lowest BCUT2D eigenvalue weighted by Gasteiger charge is -2.15. The van der Waals surface area contributed by atoms with Crippen molar-refractivity contribution in [3.8, 4) is 11.5 Å². The van der Waals surface area contributed by atoms with E-state index in [4.69, 9.17) is 9.47 Å². The number of alkyl halides is 3. The topological polar surface area (TPSA) is 56.3 Å². The van der Waals surface area contributed by atoms with E-state index in [0.29, 0.717) is 17.4 Å². The van der Waals surface area contributed by atoms with Gasteiger partial charge in [0.15, 0.2) is 11.6 Å². The van der Waals surface area contributed by atoms with Gasteiger partial charge in [0.05, 0.1) is 11.8 Å². The Bertz CT molecular complexity index is 708. The van der Waals surface area contributed by atoms with Gasteiger partial charge in [-0.15, -0.1) is 0 Å². The number of aryl methyl sites for hydroxylation is 1. The van der Waals surface area contributed by atoms with Crippen LogP contribution in [0.1, 0.15) is 31.2 Å². The molecule has 2 rings (SSSR count). The number of unbranched alkanes of at least 4 members (excludes halogenated alkanes) is 1. The molecule has 1 aromatic carbocycles. The van der Waals surface area contributed by atoms with Gasteiger partial charge in [0.1, 0.15) is 24.8 Å². The standard InChI is InChI=1S/C18H22F3N3O2/c1-3-4-9-22-17-16(12-23-13(2)24-17)26-11-10-25-15-8-6-5-7-14(15)18(19,20)21/h5-8,12H,3-4,9-11H2,1-2H3,(H,22,23,24). The Labute approximate surface area is 150 Å². The van der Waals surface area contributed by atoms with Crippen molar-refractivity contribution in [1.29, 1.82) is 0 Å². The van der Waals surface area contributed by atoms with E-state index in [2.05, 4.69) is 22.2 Å². The Morgan fingerprint density at radius 1 is 1.08 bits per heavy atom. The predicted octanol–water partition coefficient (Wildman–Crippen LogP) is 4.47. The number of rotatable bonds is 9. The van der Waals surface area contributed by atoms with E-state index in [1.54, 1.807) is 13.1 Å². The Morgan fingerprint density at radius 2 is 1.77 bits per heavy atom. The maximum Gasteiger partial charge on any atom is 0.419 e. The highest BCUT2D eigenvalue weighted by Crippen LogP contribution is 2.35. The van der Waals surface area contributed by atoms with Gasteiger partial charge in [0.2, 0.25) is 0 Å². The van der Waals surface area contributed by atoms with Crippen molar-refractivity contribution in [1.82, 2.24) is 9.97 Å².